The van der Waals surface area contributed by atoms with Crippen molar-refractivity contribution in [2.45, 2.75) is 37.6 Å². The summed E-state index contributed by atoms with van der Waals surface area (Å²) in [6.45, 7) is 6.05. The average molecular weight is 242 g/mol. The Hall–Kier alpha value is -1.10. The van der Waals surface area contributed by atoms with E-state index in [4.69, 9.17) is 0 Å². The Kier molecular flexibility index (Phi) is 3.57. The summed E-state index contributed by atoms with van der Waals surface area (Å²) >= 11 is 0. The van der Waals surface area contributed by atoms with Gasteiger partial charge in [0.1, 0.15) is 10.7 Å². The molecule has 0 atom stereocenters. The molecule has 0 bridgehead atoms. The van der Waals surface area contributed by atoms with E-state index in [-0.39, 0.29) is 10.4 Å². The van der Waals surface area contributed by atoms with Gasteiger partial charge in [-0.15, -0.1) is 0 Å². The van der Waals surface area contributed by atoms with E-state index in [9.17, 15) is 8.42 Å². The van der Waals surface area contributed by atoms with Crippen molar-refractivity contribution in [3.63, 3.8) is 0 Å². The Labute approximate surface area is 97.0 Å². The maximum atomic E-state index is 11.5. The van der Waals surface area contributed by atoms with Crippen LogP contribution in [0.15, 0.2) is 23.2 Å². The van der Waals surface area contributed by atoms with E-state index in [0.29, 0.717) is 5.82 Å². The van der Waals surface area contributed by atoms with E-state index >= 15 is 0 Å². The highest BCUT2D eigenvalue weighted by Gasteiger charge is 2.20. The van der Waals surface area contributed by atoms with Gasteiger partial charge in [0.15, 0.2) is 9.84 Å². The van der Waals surface area contributed by atoms with Crippen LogP contribution in [0.25, 0.3) is 0 Å². The summed E-state index contributed by atoms with van der Waals surface area (Å²) in [5.41, 5.74) is -0.173. The maximum Gasteiger partial charge on any atom is 0.179 e. The van der Waals surface area contributed by atoms with Gasteiger partial charge in [0.25, 0.3) is 0 Å². The van der Waals surface area contributed by atoms with Crippen molar-refractivity contribution in [3.05, 3.63) is 18.3 Å². The fourth-order valence-electron chi connectivity index (χ4n) is 1.19. The lowest BCUT2D eigenvalue weighted by atomic mass is 10.0. The van der Waals surface area contributed by atoms with Crippen molar-refractivity contribution in [3.8, 4) is 0 Å². The third kappa shape index (κ3) is 3.20. The number of hydrogen-bond acceptors (Lipinski definition) is 4. The van der Waals surface area contributed by atoms with Crippen molar-refractivity contribution in [1.82, 2.24) is 4.98 Å². The zero-order chi connectivity index (χ0) is 12.4. The normalized spacial score (nSPS) is 12.5. The third-order valence-corrected chi connectivity index (χ3v) is 3.64. The second-order valence-electron chi connectivity index (χ2n) is 4.48. The summed E-state index contributed by atoms with van der Waals surface area (Å²) < 4.78 is 23.1. The minimum Gasteiger partial charge on any atom is -0.364 e. The Bertz CT molecular complexity index is 467. The van der Waals surface area contributed by atoms with Gasteiger partial charge in [-0.05, 0) is 32.4 Å². The molecule has 0 aliphatic carbocycles. The molecule has 0 radical (unpaired) electrons. The number of rotatable bonds is 4. The zero-order valence-electron chi connectivity index (χ0n) is 10.1. The molecule has 5 heteroatoms. The molecule has 1 aromatic rings. The number of nitrogens with zero attached hydrogens (tertiary/aromatic N) is 1. The highest BCUT2D eigenvalue weighted by molar-refractivity contribution is 7.90. The summed E-state index contributed by atoms with van der Waals surface area (Å²) in [5.74, 6) is 0.428. The summed E-state index contributed by atoms with van der Waals surface area (Å²) in [6, 6.07) is 3.19. The number of hydrogen-bond donors (Lipinski definition) is 1. The van der Waals surface area contributed by atoms with Gasteiger partial charge in [-0.2, -0.15) is 0 Å². The molecule has 90 valence electrons. The Balaban J connectivity index is 3.16. The highest BCUT2D eigenvalue weighted by Crippen LogP contribution is 2.22. The molecule has 1 aromatic heterocycles. The largest absolute Gasteiger partial charge is 0.364 e. The quantitative estimate of drug-likeness (QED) is 0.878. The Morgan fingerprint density at radius 2 is 2.06 bits per heavy atom. The van der Waals surface area contributed by atoms with Crippen molar-refractivity contribution in [2.75, 3.05) is 11.6 Å². The molecule has 0 saturated heterocycles. The predicted molar refractivity (Wildman–Crippen MR) is 65.3 cm³/mol. The first kappa shape index (κ1) is 13.0. The molecule has 4 nitrogen and oxygen atoms in total. The fraction of sp³-hybridized carbons (Fsp3) is 0.545. The van der Waals surface area contributed by atoms with Gasteiger partial charge >= 0.3 is 0 Å². The zero-order valence-corrected chi connectivity index (χ0v) is 10.9. The Morgan fingerprint density at radius 1 is 1.44 bits per heavy atom. The molecule has 0 unspecified atom stereocenters. The van der Waals surface area contributed by atoms with E-state index in [0.717, 1.165) is 6.42 Å². The average Bonchev–Trinajstić information content (AvgIpc) is 2.16. The van der Waals surface area contributed by atoms with Gasteiger partial charge in [0, 0.05) is 18.0 Å². The number of nitrogens with one attached hydrogen (secondary N) is 1. The van der Waals surface area contributed by atoms with E-state index in [1.54, 1.807) is 18.3 Å². The second kappa shape index (κ2) is 4.41. The van der Waals surface area contributed by atoms with Crippen LogP contribution in [0, 0.1) is 0 Å². The summed E-state index contributed by atoms with van der Waals surface area (Å²) in [4.78, 5) is 4.33. The molecule has 1 heterocycles. The third-order valence-electron chi connectivity index (χ3n) is 2.51. The van der Waals surface area contributed by atoms with E-state index in [1.807, 2.05) is 20.8 Å². The highest BCUT2D eigenvalue weighted by atomic mass is 32.2. The van der Waals surface area contributed by atoms with Gasteiger partial charge in [-0.1, -0.05) is 6.92 Å². The molecule has 0 spiro atoms. The number of sulfone groups is 1. The molecule has 0 saturated carbocycles. The van der Waals surface area contributed by atoms with Crippen LogP contribution in [0.4, 0.5) is 5.82 Å². The Morgan fingerprint density at radius 3 is 2.56 bits per heavy atom. The SMILES string of the molecule is CCC(C)(C)Nc1ncccc1S(C)(=O)=O. The molecule has 16 heavy (non-hydrogen) atoms. The lowest BCUT2D eigenvalue weighted by Crippen LogP contribution is -2.31. The van der Waals surface area contributed by atoms with Gasteiger partial charge in [-0.3, -0.25) is 0 Å². The van der Waals surface area contributed by atoms with Crippen LogP contribution >= 0.6 is 0 Å². The molecular formula is C11H18N2O2S. The molecule has 1 N–H and O–H groups in total. The van der Waals surface area contributed by atoms with Crippen LogP contribution in [0.2, 0.25) is 0 Å². The number of aromatic nitrogens is 1. The fourth-order valence-corrected chi connectivity index (χ4v) is 1.97. The molecule has 0 aromatic carbocycles. The minimum atomic E-state index is -3.24. The number of anilines is 1. The molecule has 0 aliphatic rings. The van der Waals surface area contributed by atoms with Crippen LogP contribution in [-0.2, 0) is 9.84 Å². The van der Waals surface area contributed by atoms with Gasteiger partial charge in [0.2, 0.25) is 0 Å². The monoisotopic (exact) mass is 242 g/mol. The van der Waals surface area contributed by atoms with E-state index < -0.39 is 9.84 Å². The topological polar surface area (TPSA) is 59.1 Å². The minimum absolute atomic E-state index is 0.173. The van der Waals surface area contributed by atoms with Crippen molar-refractivity contribution in [1.29, 1.82) is 0 Å². The molecular weight excluding hydrogens is 224 g/mol. The molecule has 0 amide bonds. The summed E-state index contributed by atoms with van der Waals surface area (Å²) in [5, 5.41) is 3.15. The second-order valence-corrected chi connectivity index (χ2v) is 6.47. The standard InChI is InChI=1S/C11H18N2O2S/c1-5-11(2,3)13-10-9(16(4,14)15)7-6-8-12-10/h6-8H,5H2,1-4H3,(H,12,13). The first-order chi connectivity index (χ1) is 7.26. The summed E-state index contributed by atoms with van der Waals surface area (Å²) in [7, 11) is -3.24. The van der Waals surface area contributed by atoms with Crippen LogP contribution in [0.1, 0.15) is 27.2 Å². The maximum absolute atomic E-state index is 11.5. The molecule has 1 rings (SSSR count). The van der Waals surface area contributed by atoms with Crippen LogP contribution in [0.5, 0.6) is 0 Å². The van der Waals surface area contributed by atoms with Crippen LogP contribution in [-0.4, -0.2) is 25.2 Å². The van der Waals surface area contributed by atoms with Gasteiger partial charge < -0.3 is 5.32 Å². The van der Waals surface area contributed by atoms with Crippen molar-refractivity contribution >= 4 is 15.7 Å². The predicted octanol–water partition coefficient (Wildman–Crippen LogP) is 2.09. The van der Waals surface area contributed by atoms with E-state index in [1.165, 1.54) is 6.26 Å². The van der Waals surface area contributed by atoms with Gasteiger partial charge in [-0.25, -0.2) is 13.4 Å². The smallest absolute Gasteiger partial charge is 0.179 e. The lowest BCUT2D eigenvalue weighted by Gasteiger charge is -2.26. The lowest BCUT2D eigenvalue weighted by molar-refractivity contribution is 0.542. The first-order valence-electron chi connectivity index (χ1n) is 5.19. The van der Waals surface area contributed by atoms with Gasteiger partial charge in [0.05, 0.1) is 0 Å². The van der Waals surface area contributed by atoms with Crippen LogP contribution in [0.3, 0.4) is 0 Å². The van der Waals surface area contributed by atoms with Crippen molar-refractivity contribution < 1.29 is 8.42 Å². The summed E-state index contributed by atoms with van der Waals surface area (Å²) in [6.07, 6.45) is 3.66. The first-order valence-corrected chi connectivity index (χ1v) is 7.08. The van der Waals surface area contributed by atoms with Crippen molar-refractivity contribution in [2.24, 2.45) is 0 Å². The van der Waals surface area contributed by atoms with Crippen LogP contribution < -0.4 is 5.32 Å². The number of pyridine rings is 1. The molecule has 0 aliphatic heterocycles. The molecule has 0 fully saturated rings. The van der Waals surface area contributed by atoms with E-state index in [2.05, 4.69) is 10.3 Å².